The van der Waals surface area contributed by atoms with E-state index in [1.165, 1.54) is 12.8 Å². The van der Waals surface area contributed by atoms with Crippen molar-refractivity contribution < 1.29 is 4.79 Å². The zero-order valence-corrected chi connectivity index (χ0v) is 3.48. The van der Waals surface area contributed by atoms with Crippen LogP contribution in [0.15, 0.2) is 0 Å². The molecule has 2 atom stereocenters. The molecule has 0 amide bonds. The second-order valence-corrected chi connectivity index (χ2v) is 2.19. The van der Waals surface area contributed by atoms with Crippen LogP contribution in [0.1, 0.15) is 12.8 Å². The van der Waals surface area contributed by atoms with Crippen LogP contribution in [0.4, 0.5) is 0 Å². The van der Waals surface area contributed by atoms with Gasteiger partial charge in [0.05, 0.1) is 0 Å². The molecule has 2 aliphatic rings. The number of hydrogen-bond donors (Lipinski definition) is 0. The van der Waals surface area contributed by atoms with E-state index in [0.717, 1.165) is 0 Å². The summed E-state index contributed by atoms with van der Waals surface area (Å²) in [7, 11) is 0. The monoisotopic (exact) mass is 82.0 g/mol. The van der Waals surface area contributed by atoms with Gasteiger partial charge in [0, 0.05) is 11.8 Å². The zero-order valence-electron chi connectivity index (χ0n) is 3.48. The highest BCUT2D eigenvalue weighted by molar-refractivity contribution is 6.01. The van der Waals surface area contributed by atoms with Crippen molar-refractivity contribution in [2.75, 3.05) is 0 Å². The lowest BCUT2D eigenvalue weighted by atomic mass is 10.0. The van der Waals surface area contributed by atoms with Crippen LogP contribution in [0.5, 0.6) is 0 Å². The Bertz CT molecular complexity index is 94.5. The van der Waals surface area contributed by atoms with E-state index >= 15 is 0 Å². The second kappa shape index (κ2) is 0.552. The van der Waals surface area contributed by atoms with Gasteiger partial charge in [0.1, 0.15) is 5.78 Å². The molecule has 2 saturated carbocycles. The van der Waals surface area contributed by atoms with Crippen LogP contribution in [0.3, 0.4) is 0 Å². The summed E-state index contributed by atoms with van der Waals surface area (Å²) in [6, 6.07) is 0. The van der Waals surface area contributed by atoms with E-state index < -0.39 is 0 Å². The number of rotatable bonds is 0. The Morgan fingerprint density at radius 3 is 1.83 bits per heavy atom. The molecule has 0 aromatic heterocycles. The minimum absolute atomic E-state index is 0.537. The third-order valence-corrected chi connectivity index (χ3v) is 1.90. The van der Waals surface area contributed by atoms with Crippen molar-refractivity contribution in [3.8, 4) is 0 Å². The van der Waals surface area contributed by atoms with Crippen molar-refractivity contribution in [3.63, 3.8) is 0 Å². The lowest BCUT2D eigenvalue weighted by Crippen LogP contribution is -1.93. The Morgan fingerprint density at radius 1 is 1.33 bits per heavy atom. The van der Waals surface area contributed by atoms with Gasteiger partial charge in [-0.05, 0) is 12.8 Å². The van der Waals surface area contributed by atoms with Crippen LogP contribution in [-0.4, -0.2) is 5.78 Å². The van der Waals surface area contributed by atoms with Gasteiger partial charge < -0.3 is 0 Å². The maximum atomic E-state index is 10.3. The highest BCUT2D eigenvalue weighted by Gasteiger charge is 2.55. The maximum Gasteiger partial charge on any atom is 0.140 e. The van der Waals surface area contributed by atoms with Crippen LogP contribution < -0.4 is 0 Å². The fourth-order valence-electron chi connectivity index (χ4n) is 1.13. The summed E-state index contributed by atoms with van der Waals surface area (Å²) in [5.74, 6) is 1.66. The molecule has 0 aliphatic heterocycles. The van der Waals surface area contributed by atoms with Crippen LogP contribution in [0.2, 0.25) is 0 Å². The molecule has 0 aromatic rings. The molecule has 0 radical (unpaired) electrons. The fourth-order valence-corrected chi connectivity index (χ4v) is 1.13. The molecule has 0 heterocycles. The summed E-state index contributed by atoms with van der Waals surface area (Å²) in [5, 5.41) is 0. The summed E-state index contributed by atoms with van der Waals surface area (Å²) >= 11 is 0. The average Bonchev–Trinajstić information content (AvgIpc) is 1.63. The molecule has 32 valence electrons. The van der Waals surface area contributed by atoms with Gasteiger partial charge in [-0.2, -0.15) is 0 Å². The van der Waals surface area contributed by atoms with Gasteiger partial charge in [-0.1, -0.05) is 0 Å². The molecular formula is C5H6O. The van der Waals surface area contributed by atoms with Gasteiger partial charge in [-0.15, -0.1) is 0 Å². The number of Topliss-reactive ketones (excluding diaryl/α,β-unsaturated/α-hetero) is 1. The predicted octanol–water partition coefficient (Wildman–Crippen LogP) is 0.595. The Balaban J connectivity index is 2.29. The Morgan fingerprint density at radius 2 is 1.83 bits per heavy atom. The minimum Gasteiger partial charge on any atom is -0.299 e. The zero-order chi connectivity index (χ0) is 4.15. The number of hydrogen-bond acceptors (Lipinski definition) is 1. The van der Waals surface area contributed by atoms with Crippen LogP contribution in [0.25, 0.3) is 0 Å². The van der Waals surface area contributed by atoms with Crippen molar-refractivity contribution in [2.45, 2.75) is 12.8 Å². The fraction of sp³-hybridized carbons (Fsp3) is 0.800. The van der Waals surface area contributed by atoms with Gasteiger partial charge in [0.25, 0.3) is 0 Å². The summed E-state index contributed by atoms with van der Waals surface area (Å²) in [4.78, 5) is 10.3. The molecule has 2 aliphatic carbocycles. The smallest absolute Gasteiger partial charge is 0.140 e. The van der Waals surface area contributed by atoms with Crippen LogP contribution in [0, 0.1) is 11.8 Å². The van der Waals surface area contributed by atoms with Gasteiger partial charge in [0.15, 0.2) is 0 Å². The van der Waals surface area contributed by atoms with E-state index in [1.54, 1.807) is 0 Å². The molecule has 0 unspecified atom stereocenters. The van der Waals surface area contributed by atoms with Gasteiger partial charge >= 0.3 is 0 Å². The van der Waals surface area contributed by atoms with E-state index in [2.05, 4.69) is 0 Å². The van der Waals surface area contributed by atoms with Gasteiger partial charge in [-0.25, -0.2) is 0 Å². The highest BCUT2D eigenvalue weighted by Crippen LogP contribution is 2.51. The van der Waals surface area contributed by atoms with E-state index in [0.29, 0.717) is 17.6 Å². The summed E-state index contributed by atoms with van der Waals surface area (Å²) < 4.78 is 0. The third kappa shape index (κ3) is 0.122. The predicted molar refractivity (Wildman–Crippen MR) is 21.2 cm³/mol. The first-order chi connectivity index (χ1) is 2.89. The molecule has 2 rings (SSSR count). The van der Waals surface area contributed by atoms with E-state index in [9.17, 15) is 4.79 Å². The Kier molecular flexibility index (Phi) is 0.256. The molecule has 2 fully saturated rings. The van der Waals surface area contributed by atoms with Crippen molar-refractivity contribution in [2.24, 2.45) is 11.8 Å². The molecule has 0 spiro atoms. The van der Waals surface area contributed by atoms with Crippen molar-refractivity contribution in [1.82, 2.24) is 0 Å². The Hall–Kier alpha value is -0.330. The van der Waals surface area contributed by atoms with Crippen molar-refractivity contribution in [3.05, 3.63) is 0 Å². The molecule has 1 heteroatoms. The minimum atomic E-state index is 0.537. The molecule has 1 nitrogen and oxygen atoms in total. The summed E-state index contributed by atoms with van der Waals surface area (Å²) in [6.07, 6.45) is 2.40. The Labute approximate surface area is 36.3 Å². The first-order valence-corrected chi connectivity index (χ1v) is 2.43. The normalized spacial score (nSPS) is 50.3. The lowest BCUT2D eigenvalue weighted by molar-refractivity contribution is -0.111. The number of ketones is 1. The van der Waals surface area contributed by atoms with Crippen molar-refractivity contribution in [1.29, 1.82) is 0 Å². The third-order valence-electron chi connectivity index (χ3n) is 1.90. The molecular weight excluding hydrogens is 76.1 g/mol. The van der Waals surface area contributed by atoms with E-state index in [-0.39, 0.29) is 0 Å². The molecule has 6 heavy (non-hydrogen) atoms. The van der Waals surface area contributed by atoms with Gasteiger partial charge in [0.2, 0.25) is 0 Å². The van der Waals surface area contributed by atoms with E-state index in [1.807, 2.05) is 0 Å². The van der Waals surface area contributed by atoms with Crippen LogP contribution in [-0.2, 0) is 4.79 Å². The summed E-state index contributed by atoms with van der Waals surface area (Å²) in [5.41, 5.74) is 0. The van der Waals surface area contributed by atoms with Gasteiger partial charge in [-0.3, -0.25) is 4.79 Å². The molecule has 0 N–H and O–H groups in total. The molecule has 0 saturated heterocycles. The highest BCUT2D eigenvalue weighted by atomic mass is 16.1. The summed E-state index contributed by atoms with van der Waals surface area (Å²) in [6.45, 7) is 0. The standard InChI is InChI=1S/C5H6O/c6-5-3-1-2-4(3)5/h3-4H,1-2H2/t3-,4+. The first-order valence-electron chi connectivity index (χ1n) is 2.43. The molecule has 0 bridgehead atoms. The largest absolute Gasteiger partial charge is 0.299 e. The number of carbonyl (C=O) groups is 1. The quantitative estimate of drug-likeness (QED) is 0.418. The molecule has 0 aromatic carbocycles. The van der Waals surface area contributed by atoms with E-state index in [4.69, 9.17) is 0 Å². The van der Waals surface area contributed by atoms with Crippen molar-refractivity contribution >= 4 is 5.78 Å². The number of carbonyl (C=O) groups excluding carboxylic acids is 1. The average molecular weight is 82.1 g/mol. The maximum absolute atomic E-state index is 10.3. The SMILES string of the molecule is O=C1[C@H]2CC[C@@H]12. The topological polar surface area (TPSA) is 17.1 Å². The lowest BCUT2D eigenvalue weighted by Gasteiger charge is -2.01. The van der Waals surface area contributed by atoms with Crippen LogP contribution >= 0.6 is 0 Å². The second-order valence-electron chi connectivity index (χ2n) is 2.19. The first kappa shape index (κ1) is 2.78. The number of fused-ring (bicyclic) bond motifs is 1.